The van der Waals surface area contributed by atoms with Gasteiger partial charge in [0.15, 0.2) is 0 Å². The fourth-order valence-electron chi connectivity index (χ4n) is 3.70. The number of carbonyl (C=O) groups is 1. The third-order valence-corrected chi connectivity index (χ3v) is 4.88. The average Bonchev–Trinajstić information content (AvgIpc) is 3.21. The quantitative estimate of drug-likeness (QED) is 0.861. The van der Waals surface area contributed by atoms with E-state index in [0.717, 1.165) is 55.5 Å². The number of hydrogen-bond donors (Lipinski definition) is 1. The van der Waals surface area contributed by atoms with E-state index in [0.29, 0.717) is 5.91 Å². The van der Waals surface area contributed by atoms with Gasteiger partial charge in [-0.1, -0.05) is 24.3 Å². The minimum atomic E-state index is 0.116. The predicted octanol–water partition coefficient (Wildman–Crippen LogP) is 3.58. The van der Waals surface area contributed by atoms with Gasteiger partial charge in [0.2, 0.25) is 5.91 Å². The molecule has 2 heterocycles. The third-order valence-electron chi connectivity index (χ3n) is 4.88. The number of benzene rings is 1. The van der Waals surface area contributed by atoms with Crippen molar-refractivity contribution in [1.29, 1.82) is 0 Å². The SMILES string of the molecule is O=C([C@@H]1CC=CCC1)N1CCC[C@@H]1c1nc2ccccc2[nH]1. The van der Waals surface area contributed by atoms with Crippen molar-refractivity contribution in [2.75, 3.05) is 6.54 Å². The number of aromatic amines is 1. The topological polar surface area (TPSA) is 49.0 Å². The van der Waals surface area contributed by atoms with Gasteiger partial charge < -0.3 is 9.88 Å². The van der Waals surface area contributed by atoms with E-state index >= 15 is 0 Å². The number of nitrogens with one attached hydrogen (secondary N) is 1. The van der Waals surface area contributed by atoms with Crippen LogP contribution in [-0.2, 0) is 4.79 Å². The average molecular weight is 295 g/mol. The summed E-state index contributed by atoms with van der Waals surface area (Å²) in [4.78, 5) is 23.0. The van der Waals surface area contributed by atoms with E-state index in [1.807, 2.05) is 24.3 Å². The van der Waals surface area contributed by atoms with Gasteiger partial charge in [-0.05, 0) is 44.2 Å². The van der Waals surface area contributed by atoms with Crippen molar-refractivity contribution in [3.8, 4) is 0 Å². The molecule has 4 rings (SSSR count). The van der Waals surface area contributed by atoms with E-state index in [4.69, 9.17) is 4.98 Å². The first kappa shape index (κ1) is 13.6. The third kappa shape index (κ3) is 2.32. The first-order chi connectivity index (χ1) is 10.8. The maximum absolute atomic E-state index is 12.8. The van der Waals surface area contributed by atoms with Gasteiger partial charge in [-0.2, -0.15) is 0 Å². The van der Waals surface area contributed by atoms with E-state index in [1.54, 1.807) is 0 Å². The summed E-state index contributed by atoms with van der Waals surface area (Å²) in [6.45, 7) is 0.862. The number of para-hydroxylation sites is 2. The molecular formula is C18H21N3O. The summed E-state index contributed by atoms with van der Waals surface area (Å²) in [6, 6.07) is 8.18. The second kappa shape index (κ2) is 5.59. The highest BCUT2D eigenvalue weighted by molar-refractivity contribution is 5.80. The van der Waals surface area contributed by atoms with Crippen LogP contribution in [0.2, 0.25) is 0 Å². The molecule has 22 heavy (non-hydrogen) atoms. The molecule has 1 aromatic carbocycles. The second-order valence-corrected chi connectivity index (χ2v) is 6.31. The number of aromatic nitrogens is 2. The van der Waals surface area contributed by atoms with Gasteiger partial charge in [0, 0.05) is 12.5 Å². The molecule has 2 atom stereocenters. The number of nitrogens with zero attached hydrogens (tertiary/aromatic N) is 2. The first-order valence-corrected chi connectivity index (χ1v) is 8.23. The van der Waals surface area contributed by atoms with Crippen LogP contribution in [-0.4, -0.2) is 27.3 Å². The van der Waals surface area contributed by atoms with Crippen molar-refractivity contribution in [2.45, 2.75) is 38.1 Å². The lowest BCUT2D eigenvalue weighted by atomic mass is 9.93. The lowest BCUT2D eigenvalue weighted by Crippen LogP contribution is -2.36. The van der Waals surface area contributed by atoms with Crippen molar-refractivity contribution in [3.63, 3.8) is 0 Å². The molecule has 1 N–H and O–H groups in total. The maximum Gasteiger partial charge on any atom is 0.226 e. The minimum absolute atomic E-state index is 0.116. The molecule has 1 aromatic heterocycles. The summed E-state index contributed by atoms with van der Waals surface area (Å²) in [5.74, 6) is 1.42. The van der Waals surface area contributed by atoms with Crippen molar-refractivity contribution in [3.05, 3.63) is 42.2 Å². The molecule has 1 aliphatic carbocycles. The standard InChI is InChI=1S/C18H21N3O/c22-18(13-7-2-1-3-8-13)21-12-6-11-16(21)17-19-14-9-4-5-10-15(14)20-17/h1-2,4-5,9-10,13,16H,3,6-8,11-12H2,(H,19,20)/t13-,16-/m1/s1. The van der Waals surface area contributed by atoms with Crippen LogP contribution in [0.5, 0.6) is 0 Å². The molecule has 0 bridgehead atoms. The molecule has 2 aliphatic rings. The fraction of sp³-hybridized carbons (Fsp3) is 0.444. The molecule has 1 aliphatic heterocycles. The Morgan fingerprint density at radius 1 is 1.23 bits per heavy atom. The van der Waals surface area contributed by atoms with Gasteiger partial charge in [0.1, 0.15) is 5.82 Å². The Labute approximate surface area is 130 Å². The molecule has 114 valence electrons. The molecule has 0 unspecified atom stereocenters. The number of hydrogen-bond acceptors (Lipinski definition) is 2. The lowest BCUT2D eigenvalue weighted by Gasteiger charge is -2.28. The summed E-state index contributed by atoms with van der Waals surface area (Å²) >= 11 is 0. The lowest BCUT2D eigenvalue weighted by molar-refractivity contribution is -0.136. The molecule has 1 saturated heterocycles. The Hall–Kier alpha value is -2.10. The molecular weight excluding hydrogens is 274 g/mol. The number of imidazole rings is 1. The number of rotatable bonds is 2. The Bertz CT molecular complexity index is 685. The van der Waals surface area contributed by atoms with Crippen LogP contribution < -0.4 is 0 Å². The van der Waals surface area contributed by atoms with E-state index in [1.165, 1.54) is 0 Å². The Morgan fingerprint density at radius 2 is 2.14 bits per heavy atom. The molecule has 4 heteroatoms. The number of allylic oxidation sites excluding steroid dienone is 2. The number of likely N-dealkylation sites (tertiary alicyclic amines) is 1. The van der Waals surface area contributed by atoms with Crippen molar-refractivity contribution in [2.24, 2.45) is 5.92 Å². The first-order valence-electron chi connectivity index (χ1n) is 8.23. The highest BCUT2D eigenvalue weighted by Gasteiger charge is 2.35. The fourth-order valence-corrected chi connectivity index (χ4v) is 3.70. The number of fused-ring (bicyclic) bond motifs is 1. The molecule has 0 saturated carbocycles. The highest BCUT2D eigenvalue weighted by atomic mass is 16.2. The molecule has 1 amide bonds. The smallest absolute Gasteiger partial charge is 0.226 e. The van der Waals surface area contributed by atoms with Crippen LogP contribution in [0.3, 0.4) is 0 Å². The number of amides is 1. The normalized spacial score (nSPS) is 25.0. The zero-order chi connectivity index (χ0) is 14.9. The summed E-state index contributed by atoms with van der Waals surface area (Å²) in [6.07, 6.45) is 9.31. The van der Waals surface area contributed by atoms with Crippen molar-refractivity contribution < 1.29 is 4.79 Å². The van der Waals surface area contributed by atoms with E-state index in [2.05, 4.69) is 22.0 Å². The molecule has 0 spiro atoms. The predicted molar refractivity (Wildman–Crippen MR) is 86.3 cm³/mol. The summed E-state index contributed by atoms with van der Waals surface area (Å²) < 4.78 is 0. The number of H-pyrrole nitrogens is 1. The van der Waals surface area contributed by atoms with Crippen LogP contribution in [0.1, 0.15) is 44.0 Å². The zero-order valence-electron chi connectivity index (χ0n) is 12.7. The van der Waals surface area contributed by atoms with Crippen LogP contribution in [0, 0.1) is 5.92 Å². The van der Waals surface area contributed by atoms with Gasteiger partial charge >= 0.3 is 0 Å². The van der Waals surface area contributed by atoms with Crippen molar-refractivity contribution in [1.82, 2.24) is 14.9 Å². The number of carbonyl (C=O) groups excluding carboxylic acids is 1. The summed E-state index contributed by atoms with van der Waals surface area (Å²) in [5.41, 5.74) is 2.04. The maximum atomic E-state index is 12.8. The van der Waals surface area contributed by atoms with Gasteiger partial charge in [0.25, 0.3) is 0 Å². The highest BCUT2D eigenvalue weighted by Crippen LogP contribution is 2.34. The van der Waals surface area contributed by atoms with Gasteiger partial charge in [-0.25, -0.2) is 4.98 Å². The molecule has 1 fully saturated rings. The molecule has 4 nitrogen and oxygen atoms in total. The largest absolute Gasteiger partial charge is 0.340 e. The van der Waals surface area contributed by atoms with Gasteiger partial charge in [-0.15, -0.1) is 0 Å². The molecule has 0 radical (unpaired) electrons. The van der Waals surface area contributed by atoms with Gasteiger partial charge in [0.05, 0.1) is 17.1 Å². The van der Waals surface area contributed by atoms with Crippen molar-refractivity contribution >= 4 is 16.9 Å². The van der Waals surface area contributed by atoms with E-state index in [-0.39, 0.29) is 12.0 Å². The Morgan fingerprint density at radius 3 is 2.95 bits per heavy atom. The van der Waals surface area contributed by atoms with E-state index < -0.39 is 0 Å². The monoisotopic (exact) mass is 295 g/mol. The van der Waals surface area contributed by atoms with Crippen LogP contribution in [0.25, 0.3) is 11.0 Å². The van der Waals surface area contributed by atoms with Crippen LogP contribution in [0.4, 0.5) is 0 Å². The summed E-state index contributed by atoms with van der Waals surface area (Å²) in [5, 5.41) is 0. The minimum Gasteiger partial charge on any atom is -0.340 e. The Balaban J connectivity index is 1.60. The zero-order valence-corrected chi connectivity index (χ0v) is 12.7. The Kier molecular flexibility index (Phi) is 3.45. The van der Waals surface area contributed by atoms with E-state index in [9.17, 15) is 4.79 Å². The summed E-state index contributed by atoms with van der Waals surface area (Å²) in [7, 11) is 0. The second-order valence-electron chi connectivity index (χ2n) is 6.31. The van der Waals surface area contributed by atoms with Gasteiger partial charge in [-0.3, -0.25) is 4.79 Å². The van der Waals surface area contributed by atoms with Crippen LogP contribution in [0.15, 0.2) is 36.4 Å². The van der Waals surface area contributed by atoms with Crippen LogP contribution >= 0.6 is 0 Å². The molecule has 2 aromatic rings.